The molecule has 1 amide bonds. The normalized spacial score (nSPS) is 15.4. The van der Waals surface area contributed by atoms with E-state index in [0.29, 0.717) is 0 Å². The fraction of sp³-hybridized carbons (Fsp3) is 0.296. The second kappa shape index (κ2) is 9.80. The van der Waals surface area contributed by atoms with Crippen LogP contribution in [0.5, 0.6) is 0 Å². The Labute approximate surface area is 184 Å². The number of amides is 1. The van der Waals surface area contributed by atoms with Crippen LogP contribution in [0.1, 0.15) is 36.5 Å². The first kappa shape index (κ1) is 21.1. The lowest BCUT2D eigenvalue weighted by atomic mass is 9.85. The van der Waals surface area contributed by atoms with E-state index in [0.717, 1.165) is 43.6 Å². The van der Waals surface area contributed by atoms with Crippen molar-refractivity contribution in [2.24, 2.45) is 0 Å². The molecular formula is C27H30N2O2. The van der Waals surface area contributed by atoms with Crippen LogP contribution in [0.25, 0.3) is 0 Å². The van der Waals surface area contributed by atoms with Crippen LogP contribution in [0, 0.1) is 0 Å². The predicted molar refractivity (Wildman–Crippen MR) is 124 cm³/mol. The highest BCUT2D eigenvalue weighted by Crippen LogP contribution is 2.29. The zero-order chi connectivity index (χ0) is 21.5. The Hall–Kier alpha value is -3.11. The van der Waals surface area contributed by atoms with E-state index in [4.69, 9.17) is 4.74 Å². The molecule has 4 nitrogen and oxygen atoms in total. The smallest absolute Gasteiger partial charge is 0.408 e. The number of nitrogens with zero attached hydrogens (tertiary/aromatic N) is 1. The number of carbonyl (C=O) groups excluding carboxylic acids is 1. The number of nitrogens with one attached hydrogen (secondary N) is 1. The third-order valence-electron chi connectivity index (χ3n) is 6.11. The van der Waals surface area contributed by atoms with Crippen molar-refractivity contribution < 1.29 is 9.53 Å². The summed E-state index contributed by atoms with van der Waals surface area (Å²) in [6, 6.07) is 30.6. The lowest BCUT2D eigenvalue weighted by Gasteiger charge is -2.34. The predicted octanol–water partition coefficient (Wildman–Crippen LogP) is 5.34. The van der Waals surface area contributed by atoms with Crippen LogP contribution in [-0.4, -0.2) is 30.2 Å². The van der Waals surface area contributed by atoms with Gasteiger partial charge >= 0.3 is 6.09 Å². The summed E-state index contributed by atoms with van der Waals surface area (Å²) in [5.74, 6) is 0. The van der Waals surface area contributed by atoms with Gasteiger partial charge in [-0.3, -0.25) is 4.90 Å². The molecule has 0 bridgehead atoms. The Morgan fingerprint density at radius 2 is 1.35 bits per heavy atom. The van der Waals surface area contributed by atoms with Crippen LogP contribution in [-0.2, 0) is 16.8 Å². The van der Waals surface area contributed by atoms with E-state index in [-0.39, 0.29) is 12.2 Å². The zero-order valence-corrected chi connectivity index (χ0v) is 18.0. The highest BCUT2D eigenvalue weighted by molar-refractivity contribution is 5.70. The molecule has 1 N–H and O–H groups in total. The Kier molecular flexibility index (Phi) is 6.68. The van der Waals surface area contributed by atoms with Crippen molar-refractivity contribution in [3.05, 3.63) is 108 Å². The number of piperidine rings is 1. The second-order valence-corrected chi connectivity index (χ2v) is 8.35. The van der Waals surface area contributed by atoms with Crippen LogP contribution in [0.2, 0.25) is 0 Å². The van der Waals surface area contributed by atoms with E-state index < -0.39 is 5.54 Å². The van der Waals surface area contributed by atoms with Crippen LogP contribution in [0.15, 0.2) is 91.0 Å². The molecule has 4 heteroatoms. The molecule has 1 aliphatic heterocycles. The first-order valence-corrected chi connectivity index (χ1v) is 11.0. The molecule has 1 saturated heterocycles. The largest absolute Gasteiger partial charge is 0.446 e. The van der Waals surface area contributed by atoms with Gasteiger partial charge in [0.25, 0.3) is 0 Å². The molecule has 0 saturated carbocycles. The third-order valence-corrected chi connectivity index (χ3v) is 6.11. The van der Waals surface area contributed by atoms with Gasteiger partial charge in [-0.2, -0.15) is 0 Å². The molecular weight excluding hydrogens is 384 g/mol. The summed E-state index contributed by atoms with van der Waals surface area (Å²) in [6.45, 7) is 4.84. The number of rotatable bonds is 6. The summed E-state index contributed by atoms with van der Waals surface area (Å²) in [4.78, 5) is 15.3. The number of hydrogen-bond donors (Lipinski definition) is 1. The first-order chi connectivity index (χ1) is 15.1. The van der Waals surface area contributed by atoms with Crippen molar-refractivity contribution in [1.82, 2.24) is 10.2 Å². The maximum absolute atomic E-state index is 12.9. The van der Waals surface area contributed by atoms with E-state index in [1.165, 1.54) is 5.56 Å². The fourth-order valence-corrected chi connectivity index (χ4v) is 4.27. The summed E-state index contributed by atoms with van der Waals surface area (Å²) >= 11 is 0. The van der Waals surface area contributed by atoms with Crippen molar-refractivity contribution in [1.29, 1.82) is 0 Å². The zero-order valence-electron chi connectivity index (χ0n) is 18.0. The average Bonchev–Trinajstić information content (AvgIpc) is 2.82. The molecule has 0 aliphatic carbocycles. The number of alkyl carbamates (subject to hydrolysis) is 1. The average molecular weight is 415 g/mol. The lowest BCUT2D eigenvalue weighted by Crippen LogP contribution is -2.46. The summed E-state index contributed by atoms with van der Waals surface area (Å²) in [5, 5.41) is 3.15. The molecule has 0 aromatic heterocycles. The Morgan fingerprint density at radius 1 is 0.871 bits per heavy atom. The van der Waals surface area contributed by atoms with E-state index in [1.807, 2.05) is 73.7 Å². The molecule has 3 aromatic rings. The number of benzene rings is 3. The van der Waals surface area contributed by atoms with Gasteiger partial charge < -0.3 is 10.1 Å². The SMILES string of the molecule is CC(NC(=O)OC1CCN(Cc2ccccc2)CC1)(c1ccccc1)c1ccccc1. The maximum Gasteiger partial charge on any atom is 0.408 e. The van der Waals surface area contributed by atoms with Gasteiger partial charge in [0.15, 0.2) is 0 Å². The molecule has 1 aliphatic rings. The van der Waals surface area contributed by atoms with Gasteiger partial charge in [-0.1, -0.05) is 91.0 Å². The number of carbonyl (C=O) groups is 1. The molecule has 3 aromatic carbocycles. The van der Waals surface area contributed by atoms with E-state index in [9.17, 15) is 4.79 Å². The van der Waals surface area contributed by atoms with Crippen LogP contribution >= 0.6 is 0 Å². The van der Waals surface area contributed by atoms with Crippen LogP contribution in [0.4, 0.5) is 4.79 Å². The Morgan fingerprint density at radius 3 is 1.87 bits per heavy atom. The van der Waals surface area contributed by atoms with Crippen molar-refractivity contribution in [2.75, 3.05) is 13.1 Å². The summed E-state index contributed by atoms with van der Waals surface area (Å²) in [6.07, 6.45) is 1.29. The van der Waals surface area contributed by atoms with Gasteiger partial charge in [-0.15, -0.1) is 0 Å². The highest BCUT2D eigenvalue weighted by Gasteiger charge is 2.32. The number of ether oxygens (including phenoxy) is 1. The number of likely N-dealkylation sites (tertiary alicyclic amines) is 1. The molecule has 0 atom stereocenters. The number of hydrogen-bond acceptors (Lipinski definition) is 3. The molecule has 31 heavy (non-hydrogen) atoms. The first-order valence-electron chi connectivity index (χ1n) is 11.0. The van der Waals surface area contributed by atoms with Crippen LogP contribution in [0.3, 0.4) is 0 Å². The van der Waals surface area contributed by atoms with Crippen molar-refractivity contribution in [3.63, 3.8) is 0 Å². The third kappa shape index (κ3) is 5.33. The van der Waals surface area contributed by atoms with Crippen LogP contribution < -0.4 is 5.32 Å². The van der Waals surface area contributed by atoms with Crippen molar-refractivity contribution >= 4 is 6.09 Å². The molecule has 0 spiro atoms. The summed E-state index contributed by atoms with van der Waals surface area (Å²) in [5.41, 5.74) is 2.71. The minimum atomic E-state index is -0.659. The monoisotopic (exact) mass is 414 g/mol. The molecule has 1 heterocycles. The van der Waals surface area contributed by atoms with E-state index in [1.54, 1.807) is 0 Å². The molecule has 1 fully saturated rings. The van der Waals surface area contributed by atoms with Crippen molar-refractivity contribution in [3.8, 4) is 0 Å². The second-order valence-electron chi connectivity index (χ2n) is 8.35. The Bertz CT molecular complexity index is 913. The minimum absolute atomic E-state index is 0.0529. The van der Waals surface area contributed by atoms with E-state index in [2.05, 4.69) is 34.5 Å². The van der Waals surface area contributed by atoms with Gasteiger partial charge in [0, 0.05) is 19.6 Å². The summed E-state index contributed by atoms with van der Waals surface area (Å²) in [7, 11) is 0. The highest BCUT2D eigenvalue weighted by atomic mass is 16.6. The molecule has 0 unspecified atom stereocenters. The van der Waals surface area contributed by atoms with Crippen molar-refractivity contribution in [2.45, 2.75) is 38.0 Å². The molecule has 4 rings (SSSR count). The van der Waals surface area contributed by atoms with Gasteiger partial charge in [-0.05, 0) is 36.5 Å². The Balaban J connectivity index is 1.37. The lowest BCUT2D eigenvalue weighted by molar-refractivity contribution is 0.0452. The fourth-order valence-electron chi connectivity index (χ4n) is 4.27. The standard InChI is InChI=1S/C27H30N2O2/c1-27(23-13-7-3-8-14-23,24-15-9-4-10-16-24)28-26(30)31-25-17-19-29(20-18-25)21-22-11-5-2-6-12-22/h2-16,25H,17-21H2,1H3,(H,28,30). The molecule has 160 valence electrons. The minimum Gasteiger partial charge on any atom is -0.446 e. The summed E-state index contributed by atoms with van der Waals surface area (Å²) < 4.78 is 5.85. The maximum atomic E-state index is 12.9. The quantitative estimate of drug-likeness (QED) is 0.592. The van der Waals surface area contributed by atoms with Gasteiger partial charge in [-0.25, -0.2) is 4.79 Å². The van der Waals surface area contributed by atoms with Gasteiger partial charge in [0.1, 0.15) is 6.10 Å². The van der Waals surface area contributed by atoms with Gasteiger partial charge in [0.05, 0.1) is 5.54 Å². The topological polar surface area (TPSA) is 41.6 Å². The van der Waals surface area contributed by atoms with E-state index >= 15 is 0 Å². The molecule has 0 radical (unpaired) electrons. The van der Waals surface area contributed by atoms with Gasteiger partial charge in [0.2, 0.25) is 0 Å².